The molecule has 0 atom stereocenters. The summed E-state index contributed by atoms with van der Waals surface area (Å²) >= 11 is 5.71. The molecule has 0 N–H and O–H groups in total. The molecule has 0 aromatic heterocycles. The lowest BCUT2D eigenvalue weighted by atomic mass is 10.2. The van der Waals surface area contributed by atoms with Gasteiger partial charge < -0.3 is 4.90 Å². The van der Waals surface area contributed by atoms with Crippen LogP contribution in [0, 0.1) is 0 Å². The molecule has 0 saturated carbocycles. The summed E-state index contributed by atoms with van der Waals surface area (Å²) in [7, 11) is 0. The molecule has 0 aliphatic carbocycles. The minimum atomic E-state index is 0.781. The smallest absolute Gasteiger partial charge is 0.117 e. The van der Waals surface area contributed by atoms with Crippen LogP contribution in [0.2, 0.25) is 0 Å². The lowest BCUT2D eigenvalue weighted by Crippen LogP contribution is -2.24. The van der Waals surface area contributed by atoms with Crippen LogP contribution in [0.4, 0.5) is 5.69 Å². The minimum absolute atomic E-state index is 0.781. The average molecular weight is 315 g/mol. The predicted molar refractivity (Wildman–Crippen MR) is 103 cm³/mol. The molecule has 3 aromatic carbocycles. The van der Waals surface area contributed by atoms with Crippen molar-refractivity contribution in [2.24, 2.45) is 0 Å². The van der Waals surface area contributed by atoms with E-state index in [1.165, 1.54) is 0 Å². The molecule has 0 unspecified atom stereocenters. The quantitative estimate of drug-likeness (QED) is 0.582. The van der Waals surface area contributed by atoms with E-state index in [0.717, 1.165) is 21.8 Å². The maximum absolute atomic E-state index is 5.71. The molecule has 0 bridgehead atoms. The molecule has 2 heteroatoms. The van der Waals surface area contributed by atoms with Crippen LogP contribution in [0.25, 0.3) is 6.08 Å². The molecule has 0 radical (unpaired) electrons. The molecule has 1 nitrogen and oxygen atoms in total. The summed E-state index contributed by atoms with van der Waals surface area (Å²) in [5.74, 6) is 0. The van der Waals surface area contributed by atoms with Gasteiger partial charge in [-0.05, 0) is 23.8 Å². The minimum Gasteiger partial charge on any atom is -0.308 e. The fraction of sp³-hybridized carbons (Fsp3) is 0. The van der Waals surface area contributed by atoms with E-state index in [4.69, 9.17) is 12.2 Å². The second-order valence-corrected chi connectivity index (χ2v) is 5.49. The normalized spacial score (nSPS) is 10.6. The maximum atomic E-state index is 5.71. The summed E-state index contributed by atoms with van der Waals surface area (Å²) in [6.45, 7) is 0. The molecule has 3 rings (SSSR count). The zero-order chi connectivity index (χ0) is 15.9. The number of nitrogens with zero attached hydrogens (tertiary/aromatic N) is 1. The number of rotatable bonds is 4. The maximum Gasteiger partial charge on any atom is 0.117 e. The third kappa shape index (κ3) is 3.93. The highest BCUT2D eigenvalue weighted by Crippen LogP contribution is 2.19. The first-order valence-corrected chi connectivity index (χ1v) is 7.92. The Balaban J connectivity index is 1.95. The van der Waals surface area contributed by atoms with E-state index in [1.54, 1.807) is 0 Å². The van der Waals surface area contributed by atoms with Gasteiger partial charge in [-0.3, -0.25) is 0 Å². The predicted octanol–water partition coefficient (Wildman–Crippen LogP) is 5.54. The molecule has 0 fully saturated rings. The van der Waals surface area contributed by atoms with Crippen LogP contribution in [0.5, 0.6) is 0 Å². The van der Waals surface area contributed by atoms with Crippen LogP contribution in [0.15, 0.2) is 97.2 Å². The largest absolute Gasteiger partial charge is 0.308 e. The van der Waals surface area contributed by atoms with Gasteiger partial charge in [0.2, 0.25) is 0 Å². The first-order valence-electron chi connectivity index (χ1n) is 7.51. The zero-order valence-corrected chi connectivity index (χ0v) is 13.5. The van der Waals surface area contributed by atoms with Crippen LogP contribution < -0.4 is 4.90 Å². The van der Waals surface area contributed by atoms with E-state index < -0.39 is 0 Å². The Morgan fingerprint density at radius 3 is 1.83 bits per heavy atom. The van der Waals surface area contributed by atoms with Crippen molar-refractivity contribution in [3.8, 4) is 0 Å². The Morgan fingerprint density at radius 2 is 1.22 bits per heavy atom. The van der Waals surface area contributed by atoms with Crippen molar-refractivity contribution < 1.29 is 0 Å². The number of benzene rings is 3. The van der Waals surface area contributed by atoms with Gasteiger partial charge in [-0.25, -0.2) is 0 Å². The highest BCUT2D eigenvalue weighted by molar-refractivity contribution is 7.81. The average Bonchev–Trinajstić information content (AvgIpc) is 2.64. The molecule has 3 aromatic rings. The van der Waals surface area contributed by atoms with E-state index in [1.807, 2.05) is 77.8 Å². The molecular weight excluding hydrogens is 298 g/mol. The third-order valence-corrected chi connectivity index (χ3v) is 3.92. The van der Waals surface area contributed by atoms with E-state index in [2.05, 4.69) is 30.3 Å². The zero-order valence-electron chi connectivity index (χ0n) is 12.7. The molecule has 0 amide bonds. The summed E-state index contributed by atoms with van der Waals surface area (Å²) in [4.78, 5) is 2.82. The van der Waals surface area contributed by atoms with Gasteiger partial charge in [-0.15, -0.1) is 0 Å². The van der Waals surface area contributed by atoms with Gasteiger partial charge in [0.15, 0.2) is 0 Å². The van der Waals surface area contributed by atoms with E-state index in [0.29, 0.717) is 0 Å². The Bertz CT molecular complexity index is 780. The van der Waals surface area contributed by atoms with Crippen molar-refractivity contribution in [2.75, 3.05) is 4.90 Å². The van der Waals surface area contributed by atoms with Crippen molar-refractivity contribution in [1.29, 1.82) is 0 Å². The topological polar surface area (TPSA) is 3.24 Å². The van der Waals surface area contributed by atoms with Gasteiger partial charge in [0.25, 0.3) is 0 Å². The summed E-state index contributed by atoms with van der Waals surface area (Å²) in [6.07, 6.45) is 4.10. The number of hydrogen-bond acceptors (Lipinski definition) is 1. The van der Waals surface area contributed by atoms with Crippen molar-refractivity contribution in [2.45, 2.75) is 0 Å². The van der Waals surface area contributed by atoms with Crippen molar-refractivity contribution in [3.63, 3.8) is 0 Å². The van der Waals surface area contributed by atoms with Gasteiger partial charge >= 0.3 is 0 Å². The van der Waals surface area contributed by atoms with Gasteiger partial charge in [0, 0.05) is 17.5 Å². The summed E-state index contributed by atoms with van der Waals surface area (Å²) in [5.41, 5.74) is 3.22. The Morgan fingerprint density at radius 1 is 0.696 bits per heavy atom. The molecular formula is C21H17NS. The van der Waals surface area contributed by atoms with Crippen molar-refractivity contribution in [1.82, 2.24) is 0 Å². The molecule has 0 aliphatic heterocycles. The second-order valence-electron chi connectivity index (χ2n) is 5.10. The Hall–Kier alpha value is -2.71. The number of anilines is 1. The molecule has 0 aliphatic rings. The van der Waals surface area contributed by atoms with Crippen LogP contribution in [-0.4, -0.2) is 4.99 Å². The van der Waals surface area contributed by atoms with Crippen LogP contribution in [0.3, 0.4) is 0 Å². The fourth-order valence-electron chi connectivity index (χ4n) is 2.30. The molecule has 23 heavy (non-hydrogen) atoms. The van der Waals surface area contributed by atoms with Crippen molar-refractivity contribution in [3.05, 3.63) is 108 Å². The van der Waals surface area contributed by atoms with Gasteiger partial charge in [0.05, 0.1) is 0 Å². The van der Waals surface area contributed by atoms with Gasteiger partial charge in [0.1, 0.15) is 4.99 Å². The highest BCUT2D eigenvalue weighted by Gasteiger charge is 2.10. The van der Waals surface area contributed by atoms with Crippen LogP contribution >= 0.6 is 12.2 Å². The molecule has 0 heterocycles. The first-order chi connectivity index (χ1) is 11.3. The molecule has 112 valence electrons. The van der Waals surface area contributed by atoms with Gasteiger partial charge in [-0.1, -0.05) is 91.1 Å². The lowest BCUT2D eigenvalue weighted by molar-refractivity contribution is 1.37. The van der Waals surface area contributed by atoms with Crippen molar-refractivity contribution >= 4 is 29.0 Å². The SMILES string of the molecule is S=C(c1ccccc1)N(/C=C\c1ccccc1)c1ccccc1. The Labute approximate surface area is 142 Å². The number of hydrogen-bond donors (Lipinski definition) is 0. The van der Waals surface area contributed by atoms with E-state index in [9.17, 15) is 0 Å². The standard InChI is InChI=1S/C21H17NS/c23-21(19-12-6-2-7-13-19)22(20-14-8-3-9-15-20)17-16-18-10-4-1-5-11-18/h1-17H/b17-16-. The highest BCUT2D eigenvalue weighted by atomic mass is 32.1. The fourth-order valence-corrected chi connectivity index (χ4v) is 2.61. The molecule has 0 saturated heterocycles. The monoisotopic (exact) mass is 315 g/mol. The first kappa shape index (κ1) is 15.2. The summed E-state index contributed by atoms with van der Waals surface area (Å²) in [6, 6.07) is 30.5. The number of para-hydroxylation sites is 1. The second kappa shape index (κ2) is 7.52. The summed E-state index contributed by atoms with van der Waals surface area (Å²) < 4.78 is 0. The summed E-state index contributed by atoms with van der Waals surface area (Å²) in [5, 5.41) is 0. The van der Waals surface area contributed by atoms with Gasteiger partial charge in [-0.2, -0.15) is 0 Å². The third-order valence-electron chi connectivity index (χ3n) is 3.49. The van der Waals surface area contributed by atoms with E-state index >= 15 is 0 Å². The van der Waals surface area contributed by atoms with E-state index in [-0.39, 0.29) is 0 Å². The Kier molecular flexibility index (Phi) is 4.97. The lowest BCUT2D eigenvalue weighted by Gasteiger charge is -2.21. The molecule has 0 spiro atoms. The van der Waals surface area contributed by atoms with Crippen LogP contribution in [0.1, 0.15) is 11.1 Å². The van der Waals surface area contributed by atoms with Crippen LogP contribution in [-0.2, 0) is 0 Å². The number of thiocarbonyl (C=S) groups is 1.